The Morgan fingerprint density at radius 3 is 1.76 bits per heavy atom. The minimum absolute atomic E-state index is 0.527. The zero-order valence-electron chi connectivity index (χ0n) is 10.8. The molecule has 1 heterocycles. The van der Waals surface area contributed by atoms with Gasteiger partial charge in [0.25, 0.3) is 0 Å². The van der Waals surface area contributed by atoms with E-state index in [0.717, 1.165) is 38.8 Å². The smallest absolute Gasteiger partial charge is 0.324 e. The molecular weight excluding hydrogens is 214 g/mol. The van der Waals surface area contributed by atoms with E-state index in [1.807, 2.05) is 0 Å². The summed E-state index contributed by atoms with van der Waals surface area (Å²) < 4.78 is 0. The number of carbonyl (C=O) groups is 1. The van der Waals surface area contributed by atoms with Gasteiger partial charge < -0.3 is 5.11 Å². The van der Waals surface area contributed by atoms with E-state index in [-0.39, 0.29) is 0 Å². The predicted octanol–water partition coefficient (Wildman–Crippen LogP) is 3.04. The molecule has 1 aliphatic heterocycles. The standard InChI is InChI=1S/C14H25NO2/c16-13(17)14(9-5-1-2-6-10-14)15-11-7-3-4-8-12-15/h1-12H2,(H,16,17). The highest BCUT2D eigenvalue weighted by Crippen LogP contribution is 2.34. The molecule has 0 spiro atoms. The lowest BCUT2D eigenvalue weighted by atomic mass is 9.88. The lowest BCUT2D eigenvalue weighted by molar-refractivity contribution is -0.153. The van der Waals surface area contributed by atoms with Gasteiger partial charge in [-0.2, -0.15) is 0 Å². The minimum Gasteiger partial charge on any atom is -0.480 e. The third kappa shape index (κ3) is 2.82. The van der Waals surface area contributed by atoms with Crippen LogP contribution in [0.2, 0.25) is 0 Å². The second-order valence-electron chi connectivity index (χ2n) is 5.65. The van der Waals surface area contributed by atoms with Crippen molar-refractivity contribution < 1.29 is 9.90 Å². The number of rotatable bonds is 2. The quantitative estimate of drug-likeness (QED) is 0.753. The first-order valence-electron chi connectivity index (χ1n) is 7.24. The summed E-state index contributed by atoms with van der Waals surface area (Å²) in [5.41, 5.74) is -0.527. The largest absolute Gasteiger partial charge is 0.480 e. The Bertz CT molecular complexity index is 249. The molecule has 1 aliphatic carbocycles. The molecule has 2 rings (SSSR count). The van der Waals surface area contributed by atoms with E-state index in [1.54, 1.807) is 0 Å². The van der Waals surface area contributed by atoms with Crippen molar-refractivity contribution >= 4 is 5.97 Å². The Morgan fingerprint density at radius 1 is 0.824 bits per heavy atom. The van der Waals surface area contributed by atoms with Crippen LogP contribution in [0.25, 0.3) is 0 Å². The van der Waals surface area contributed by atoms with E-state index in [0.29, 0.717) is 0 Å². The molecule has 0 unspecified atom stereocenters. The molecule has 2 fully saturated rings. The van der Waals surface area contributed by atoms with Gasteiger partial charge in [0.1, 0.15) is 5.54 Å². The normalized spacial score (nSPS) is 27.1. The highest BCUT2D eigenvalue weighted by molar-refractivity contribution is 5.78. The fourth-order valence-corrected chi connectivity index (χ4v) is 3.48. The Balaban J connectivity index is 2.15. The molecule has 1 saturated heterocycles. The van der Waals surface area contributed by atoms with Gasteiger partial charge in [-0.05, 0) is 38.8 Å². The molecule has 0 aromatic rings. The molecule has 0 radical (unpaired) electrons. The average Bonchev–Trinajstić information content (AvgIpc) is 2.72. The number of aliphatic carboxylic acids is 1. The van der Waals surface area contributed by atoms with Crippen LogP contribution in [0.1, 0.15) is 64.2 Å². The van der Waals surface area contributed by atoms with E-state index in [4.69, 9.17) is 0 Å². The van der Waals surface area contributed by atoms with E-state index in [2.05, 4.69) is 4.90 Å². The molecule has 0 aromatic heterocycles. The van der Waals surface area contributed by atoms with Crippen LogP contribution in [0.3, 0.4) is 0 Å². The van der Waals surface area contributed by atoms with Crippen molar-refractivity contribution in [1.82, 2.24) is 4.90 Å². The number of hydrogen-bond donors (Lipinski definition) is 1. The monoisotopic (exact) mass is 239 g/mol. The molecule has 3 nitrogen and oxygen atoms in total. The van der Waals surface area contributed by atoms with E-state index in [9.17, 15) is 9.90 Å². The van der Waals surface area contributed by atoms with E-state index >= 15 is 0 Å². The second-order valence-corrected chi connectivity index (χ2v) is 5.65. The van der Waals surface area contributed by atoms with Crippen LogP contribution >= 0.6 is 0 Å². The summed E-state index contributed by atoms with van der Waals surface area (Å²) in [5, 5.41) is 9.72. The summed E-state index contributed by atoms with van der Waals surface area (Å²) in [6.45, 7) is 1.98. The maximum absolute atomic E-state index is 11.8. The van der Waals surface area contributed by atoms with Crippen molar-refractivity contribution in [3.63, 3.8) is 0 Å². The fraction of sp³-hybridized carbons (Fsp3) is 0.929. The molecular formula is C14H25NO2. The van der Waals surface area contributed by atoms with Crippen LogP contribution in [0.4, 0.5) is 0 Å². The number of nitrogens with zero attached hydrogens (tertiary/aromatic N) is 1. The molecule has 1 N–H and O–H groups in total. The first kappa shape index (κ1) is 12.9. The molecule has 0 amide bonds. The highest BCUT2D eigenvalue weighted by atomic mass is 16.4. The van der Waals surface area contributed by atoms with Crippen molar-refractivity contribution in [2.45, 2.75) is 69.7 Å². The SMILES string of the molecule is O=C(O)C1(N2CCCCCC2)CCCCCC1. The molecule has 0 bridgehead atoms. The lowest BCUT2D eigenvalue weighted by Crippen LogP contribution is -2.54. The van der Waals surface area contributed by atoms with Crippen molar-refractivity contribution in [3.05, 3.63) is 0 Å². The number of carboxylic acids is 1. The van der Waals surface area contributed by atoms with E-state index < -0.39 is 11.5 Å². The topological polar surface area (TPSA) is 40.5 Å². The third-order valence-electron chi connectivity index (χ3n) is 4.54. The fourth-order valence-electron chi connectivity index (χ4n) is 3.48. The molecule has 0 aromatic carbocycles. The van der Waals surface area contributed by atoms with Gasteiger partial charge in [-0.15, -0.1) is 0 Å². The summed E-state index contributed by atoms with van der Waals surface area (Å²) in [4.78, 5) is 14.1. The average molecular weight is 239 g/mol. The van der Waals surface area contributed by atoms with Gasteiger partial charge in [0.05, 0.1) is 0 Å². The van der Waals surface area contributed by atoms with Crippen LogP contribution < -0.4 is 0 Å². The maximum Gasteiger partial charge on any atom is 0.324 e. The van der Waals surface area contributed by atoms with E-state index in [1.165, 1.54) is 38.5 Å². The summed E-state index contributed by atoms with van der Waals surface area (Å²) in [6.07, 6.45) is 11.2. The zero-order valence-corrected chi connectivity index (χ0v) is 10.8. The van der Waals surface area contributed by atoms with Crippen molar-refractivity contribution in [1.29, 1.82) is 0 Å². The number of hydrogen-bond acceptors (Lipinski definition) is 2. The third-order valence-corrected chi connectivity index (χ3v) is 4.54. The zero-order chi connectivity index (χ0) is 12.1. The summed E-state index contributed by atoms with van der Waals surface area (Å²) in [7, 11) is 0. The van der Waals surface area contributed by atoms with Crippen molar-refractivity contribution in [3.8, 4) is 0 Å². The van der Waals surface area contributed by atoms with Gasteiger partial charge in [0.2, 0.25) is 0 Å². The predicted molar refractivity (Wildman–Crippen MR) is 68.1 cm³/mol. The molecule has 2 aliphatic rings. The Labute approximate surface area is 104 Å². The second kappa shape index (κ2) is 5.85. The van der Waals surface area contributed by atoms with Crippen LogP contribution in [-0.4, -0.2) is 34.6 Å². The van der Waals surface area contributed by atoms with Crippen LogP contribution in [0.15, 0.2) is 0 Å². The lowest BCUT2D eigenvalue weighted by Gasteiger charge is -2.39. The number of likely N-dealkylation sites (tertiary alicyclic amines) is 1. The molecule has 1 saturated carbocycles. The first-order chi connectivity index (χ1) is 8.26. The summed E-state index contributed by atoms with van der Waals surface area (Å²) in [5.74, 6) is -0.568. The minimum atomic E-state index is -0.568. The first-order valence-corrected chi connectivity index (χ1v) is 7.24. The Morgan fingerprint density at radius 2 is 1.29 bits per heavy atom. The van der Waals surface area contributed by atoms with Crippen molar-refractivity contribution in [2.24, 2.45) is 0 Å². The van der Waals surface area contributed by atoms with Gasteiger partial charge in [-0.1, -0.05) is 38.5 Å². The summed E-state index contributed by atoms with van der Waals surface area (Å²) in [6, 6.07) is 0. The van der Waals surface area contributed by atoms with Crippen LogP contribution in [0.5, 0.6) is 0 Å². The van der Waals surface area contributed by atoms with Gasteiger partial charge in [-0.25, -0.2) is 0 Å². The van der Waals surface area contributed by atoms with Gasteiger partial charge >= 0.3 is 5.97 Å². The van der Waals surface area contributed by atoms with Gasteiger partial charge in [0.15, 0.2) is 0 Å². The Hall–Kier alpha value is -0.570. The molecule has 17 heavy (non-hydrogen) atoms. The Kier molecular flexibility index (Phi) is 4.43. The van der Waals surface area contributed by atoms with Crippen LogP contribution in [0, 0.1) is 0 Å². The summed E-state index contributed by atoms with van der Waals surface area (Å²) >= 11 is 0. The number of carboxylic acid groups (broad SMARTS) is 1. The molecule has 98 valence electrons. The highest BCUT2D eigenvalue weighted by Gasteiger charge is 2.43. The van der Waals surface area contributed by atoms with Crippen molar-refractivity contribution in [2.75, 3.05) is 13.1 Å². The van der Waals surface area contributed by atoms with Crippen LogP contribution in [-0.2, 0) is 4.79 Å². The van der Waals surface area contributed by atoms with Gasteiger partial charge in [0, 0.05) is 0 Å². The molecule has 0 atom stereocenters. The maximum atomic E-state index is 11.8. The van der Waals surface area contributed by atoms with Gasteiger partial charge in [-0.3, -0.25) is 9.69 Å². The molecule has 3 heteroatoms.